The van der Waals surface area contributed by atoms with E-state index >= 15 is 0 Å². The SMILES string of the molecule is CC1=NN(c2ccccc2)C(=N)/C1=C(/[S-])SN=Nc1ccc(S(=O)(=O)N2CCNCC2)cc1.[Cl][Cu+]. The Bertz CT molecular complexity index is 1230. The third-order valence-electron chi connectivity index (χ3n) is 5.10. The quantitative estimate of drug-likeness (QED) is 0.221. The summed E-state index contributed by atoms with van der Waals surface area (Å²) in [7, 11) is 0.687. The van der Waals surface area contributed by atoms with Gasteiger partial charge in [0.1, 0.15) is 0 Å². The maximum atomic E-state index is 12.7. The molecule has 1 saturated heterocycles. The van der Waals surface area contributed by atoms with Gasteiger partial charge in [0.25, 0.3) is 0 Å². The number of benzene rings is 2. The predicted octanol–water partition coefficient (Wildman–Crippen LogP) is 4.33. The van der Waals surface area contributed by atoms with E-state index in [0.717, 1.165) is 17.6 Å². The summed E-state index contributed by atoms with van der Waals surface area (Å²) in [5.74, 6) is 0.189. The van der Waals surface area contributed by atoms with Gasteiger partial charge in [-0.3, -0.25) is 5.41 Å². The van der Waals surface area contributed by atoms with Gasteiger partial charge in [-0.1, -0.05) is 18.2 Å². The van der Waals surface area contributed by atoms with Crippen LogP contribution < -0.4 is 10.3 Å². The number of anilines is 1. The summed E-state index contributed by atoms with van der Waals surface area (Å²) in [5, 5.41) is 21.7. The third-order valence-corrected chi connectivity index (χ3v) is 7.97. The molecule has 2 aliphatic rings. The molecule has 14 heteroatoms. The molecule has 189 valence electrons. The first kappa shape index (κ1) is 27.8. The van der Waals surface area contributed by atoms with Crippen LogP contribution >= 0.6 is 22.0 Å². The molecule has 2 aromatic carbocycles. The van der Waals surface area contributed by atoms with Gasteiger partial charge in [-0.2, -0.15) is 9.41 Å². The Morgan fingerprint density at radius 3 is 2.40 bits per heavy atom. The number of sulfonamides is 1. The summed E-state index contributed by atoms with van der Waals surface area (Å²) in [6.45, 7) is 4.00. The molecule has 2 aliphatic heterocycles. The molecule has 0 aliphatic carbocycles. The molecule has 0 unspecified atom stereocenters. The Morgan fingerprint density at radius 1 is 1.14 bits per heavy atom. The van der Waals surface area contributed by atoms with E-state index in [4.69, 9.17) is 18.0 Å². The predicted molar refractivity (Wildman–Crippen MR) is 140 cm³/mol. The Labute approximate surface area is 227 Å². The van der Waals surface area contributed by atoms with Crippen molar-refractivity contribution in [3.8, 4) is 0 Å². The first-order valence-electron chi connectivity index (χ1n) is 10.3. The van der Waals surface area contributed by atoms with E-state index in [-0.39, 0.29) is 10.7 Å². The fraction of sp³-hybridized carbons (Fsp3) is 0.238. The second-order valence-electron chi connectivity index (χ2n) is 7.26. The monoisotopic (exact) mass is 598 g/mol. The number of halogens is 1. The Morgan fingerprint density at radius 2 is 1.77 bits per heavy atom. The topological polar surface area (TPSA) is 114 Å². The van der Waals surface area contributed by atoms with Crippen molar-refractivity contribution >= 4 is 67.6 Å². The van der Waals surface area contributed by atoms with Crippen LogP contribution in [-0.2, 0) is 37.8 Å². The van der Waals surface area contributed by atoms with Crippen molar-refractivity contribution in [2.45, 2.75) is 11.8 Å². The summed E-state index contributed by atoms with van der Waals surface area (Å²) in [6.07, 6.45) is 0. The van der Waals surface area contributed by atoms with Crippen molar-refractivity contribution < 1.29 is 23.5 Å². The molecule has 2 N–H and O–H groups in total. The molecule has 9 nitrogen and oxygen atoms in total. The van der Waals surface area contributed by atoms with Crippen LogP contribution in [0.5, 0.6) is 0 Å². The van der Waals surface area contributed by atoms with Gasteiger partial charge < -0.3 is 17.9 Å². The minimum atomic E-state index is -3.51. The molecule has 0 spiro atoms. The maximum absolute atomic E-state index is 12.7. The van der Waals surface area contributed by atoms with Crippen LogP contribution in [0.2, 0.25) is 0 Å². The number of hydrazone groups is 1. The molecule has 2 heterocycles. The molecule has 4 rings (SSSR count). The van der Waals surface area contributed by atoms with Crippen molar-refractivity contribution in [3.05, 3.63) is 64.4 Å². The second-order valence-corrected chi connectivity index (χ2v) is 10.6. The van der Waals surface area contributed by atoms with E-state index in [1.54, 1.807) is 19.1 Å². The van der Waals surface area contributed by atoms with Crippen LogP contribution in [0.15, 0.2) is 84.0 Å². The zero-order valence-electron chi connectivity index (χ0n) is 18.5. The van der Waals surface area contributed by atoms with Gasteiger partial charge in [-0.05, 0) is 43.3 Å². The van der Waals surface area contributed by atoms with E-state index in [1.165, 1.54) is 21.4 Å². The van der Waals surface area contributed by atoms with Gasteiger partial charge in [-0.25, -0.2) is 13.4 Å². The van der Waals surface area contributed by atoms with Gasteiger partial charge in [0, 0.05) is 43.7 Å². The number of piperazine rings is 1. The molecule has 2 aromatic rings. The summed E-state index contributed by atoms with van der Waals surface area (Å²) >= 11 is 10.1. The van der Waals surface area contributed by atoms with Crippen LogP contribution in [0.1, 0.15) is 6.92 Å². The summed E-state index contributed by atoms with van der Waals surface area (Å²) in [6, 6.07) is 15.7. The third kappa shape index (κ3) is 6.69. The van der Waals surface area contributed by atoms with Gasteiger partial charge >= 0.3 is 25.2 Å². The molecule has 0 atom stereocenters. The number of hydrogen-bond acceptors (Lipinski definition) is 9. The number of nitrogens with zero attached hydrogens (tertiary/aromatic N) is 5. The Balaban J connectivity index is 0.00000167. The standard InChI is InChI=1S/C21H23N7O2S3.ClH.Cu/c1-15-19(20(22)28(25-15)17-5-3-2-4-6-17)21(31)32-26-24-16-7-9-18(10-8-16)33(29,30)27-13-11-23-12-14-27;;/h2-10,22-23,31H,11-14H2,1H3;1H;/q;;+2/p-2/b21-19-,22-20?,26-24?;;. The summed E-state index contributed by atoms with van der Waals surface area (Å²) < 4.78 is 31.4. The molecule has 0 aromatic heterocycles. The van der Waals surface area contributed by atoms with Crippen LogP contribution in [0, 0.1) is 5.41 Å². The van der Waals surface area contributed by atoms with E-state index in [9.17, 15) is 8.42 Å². The molecule has 0 amide bonds. The van der Waals surface area contributed by atoms with E-state index in [0.29, 0.717) is 47.4 Å². The van der Waals surface area contributed by atoms with Crippen molar-refractivity contribution in [1.82, 2.24) is 9.62 Å². The molecule has 0 radical (unpaired) electrons. The number of amidine groups is 1. The van der Waals surface area contributed by atoms with Crippen LogP contribution in [0.4, 0.5) is 11.4 Å². The Kier molecular flexibility index (Phi) is 10.3. The molecule has 1 fully saturated rings. The first-order valence-corrected chi connectivity index (χ1v) is 14.2. The van der Waals surface area contributed by atoms with Crippen LogP contribution in [0.25, 0.3) is 0 Å². The van der Waals surface area contributed by atoms with Gasteiger partial charge in [-0.15, -0.1) is 13.9 Å². The summed E-state index contributed by atoms with van der Waals surface area (Å²) in [4.78, 5) is 0.231. The Hall–Kier alpha value is -1.83. The first-order chi connectivity index (χ1) is 16.9. The van der Waals surface area contributed by atoms with Gasteiger partial charge in [0.05, 0.1) is 22.0 Å². The average molecular weight is 600 g/mol. The van der Waals surface area contributed by atoms with Gasteiger partial charge in [0.2, 0.25) is 10.0 Å². The number of rotatable bonds is 6. The summed E-state index contributed by atoms with van der Waals surface area (Å²) in [5.41, 5.74) is 2.46. The molecular weight excluding hydrogens is 577 g/mol. The molecular formula is C21H22ClCuN7O2S3. The fourth-order valence-electron chi connectivity index (χ4n) is 3.40. The van der Waals surface area contributed by atoms with Crippen molar-refractivity contribution in [2.24, 2.45) is 14.7 Å². The second kappa shape index (κ2) is 12.9. The van der Waals surface area contributed by atoms with E-state index in [1.807, 2.05) is 30.3 Å². The number of hydrogen-bond donors (Lipinski definition) is 2. The average Bonchev–Trinajstić information content (AvgIpc) is 3.20. The van der Waals surface area contributed by atoms with Crippen molar-refractivity contribution in [3.63, 3.8) is 0 Å². The van der Waals surface area contributed by atoms with Gasteiger partial charge in [0.15, 0.2) is 5.84 Å². The van der Waals surface area contributed by atoms with Crippen molar-refractivity contribution in [1.29, 1.82) is 5.41 Å². The molecule has 0 bridgehead atoms. The normalized spacial score (nSPS) is 18.3. The number of para-hydroxylation sites is 1. The minimum absolute atomic E-state index is 0.189. The fourth-order valence-corrected chi connectivity index (χ4v) is 5.73. The van der Waals surface area contributed by atoms with Crippen LogP contribution in [0.3, 0.4) is 0 Å². The zero-order valence-corrected chi connectivity index (χ0v) is 22.6. The van der Waals surface area contributed by atoms with Crippen LogP contribution in [-0.4, -0.2) is 50.4 Å². The van der Waals surface area contributed by atoms with Crippen molar-refractivity contribution in [2.75, 3.05) is 31.2 Å². The van der Waals surface area contributed by atoms with E-state index < -0.39 is 10.0 Å². The molecule has 0 saturated carbocycles. The van der Waals surface area contributed by atoms with E-state index in [2.05, 4.69) is 45.3 Å². The molecule has 35 heavy (non-hydrogen) atoms. The number of nitrogens with one attached hydrogen (secondary N) is 2. The zero-order chi connectivity index (χ0) is 25.4.